The number of para-hydroxylation sites is 2. The maximum Gasteiger partial charge on any atom is 0.335 e. The lowest BCUT2D eigenvalue weighted by Crippen LogP contribution is -2.43. The average molecular weight is 344 g/mol. The van der Waals surface area contributed by atoms with Crippen molar-refractivity contribution < 1.29 is 14.7 Å². The number of aromatic carboxylic acids is 1. The molecule has 0 bridgehead atoms. The van der Waals surface area contributed by atoms with Crippen LogP contribution in [0.4, 0.5) is 11.4 Å². The minimum absolute atomic E-state index is 0.0992. The van der Waals surface area contributed by atoms with E-state index in [1.807, 2.05) is 48.5 Å². The molecule has 1 atom stereocenters. The maximum atomic E-state index is 13.2. The number of carboxylic acids is 1. The van der Waals surface area contributed by atoms with Crippen molar-refractivity contribution in [3.63, 3.8) is 0 Å². The fourth-order valence-corrected chi connectivity index (χ4v) is 3.15. The molecule has 0 fully saturated rings. The van der Waals surface area contributed by atoms with Crippen molar-refractivity contribution in [1.82, 2.24) is 0 Å². The Labute approximate surface area is 150 Å². The molecule has 0 saturated carbocycles. The van der Waals surface area contributed by atoms with Gasteiger partial charge in [0, 0.05) is 11.4 Å². The van der Waals surface area contributed by atoms with Gasteiger partial charge in [-0.1, -0.05) is 42.5 Å². The summed E-state index contributed by atoms with van der Waals surface area (Å²) in [6.45, 7) is 0. The molecule has 0 aromatic heterocycles. The molecule has 1 aliphatic rings. The van der Waals surface area contributed by atoms with Crippen LogP contribution in [0.3, 0.4) is 0 Å². The Kier molecular flexibility index (Phi) is 3.89. The normalized spacial score (nSPS) is 15.9. The van der Waals surface area contributed by atoms with Crippen molar-refractivity contribution in [3.05, 3.63) is 95.6 Å². The predicted molar refractivity (Wildman–Crippen MR) is 99.5 cm³/mol. The van der Waals surface area contributed by atoms with Gasteiger partial charge in [0.1, 0.15) is 6.17 Å². The third-order valence-electron chi connectivity index (χ3n) is 4.43. The summed E-state index contributed by atoms with van der Waals surface area (Å²) in [7, 11) is 0. The number of fused-ring (bicyclic) bond motifs is 1. The van der Waals surface area contributed by atoms with Gasteiger partial charge in [-0.25, -0.2) is 4.79 Å². The van der Waals surface area contributed by atoms with Crippen LogP contribution in [0.2, 0.25) is 0 Å². The molecule has 2 N–H and O–H groups in total. The van der Waals surface area contributed by atoms with Gasteiger partial charge in [0.05, 0.1) is 11.1 Å². The number of benzene rings is 3. The fraction of sp³-hybridized carbons (Fsp3) is 0.0476. The van der Waals surface area contributed by atoms with Gasteiger partial charge in [-0.3, -0.25) is 9.69 Å². The summed E-state index contributed by atoms with van der Waals surface area (Å²) >= 11 is 0. The van der Waals surface area contributed by atoms with E-state index < -0.39 is 12.1 Å². The Balaban J connectivity index is 1.82. The van der Waals surface area contributed by atoms with Crippen LogP contribution in [0.5, 0.6) is 0 Å². The van der Waals surface area contributed by atoms with Crippen molar-refractivity contribution in [2.24, 2.45) is 0 Å². The van der Waals surface area contributed by atoms with Crippen molar-refractivity contribution in [1.29, 1.82) is 0 Å². The number of rotatable bonds is 3. The summed E-state index contributed by atoms with van der Waals surface area (Å²) in [4.78, 5) is 26.0. The zero-order chi connectivity index (χ0) is 18.1. The Morgan fingerprint density at radius 2 is 1.54 bits per heavy atom. The van der Waals surface area contributed by atoms with Crippen LogP contribution >= 0.6 is 0 Å². The smallest absolute Gasteiger partial charge is 0.335 e. The first-order valence-electron chi connectivity index (χ1n) is 8.22. The average Bonchev–Trinajstić information content (AvgIpc) is 2.68. The Morgan fingerprint density at radius 1 is 0.885 bits per heavy atom. The van der Waals surface area contributed by atoms with E-state index in [1.165, 1.54) is 0 Å². The SMILES string of the molecule is O=C(O)c1ccc(C2Nc3ccccc3C(=O)N2c2ccccc2)cc1. The quantitative estimate of drug-likeness (QED) is 0.749. The highest BCUT2D eigenvalue weighted by Crippen LogP contribution is 2.36. The van der Waals surface area contributed by atoms with Gasteiger partial charge in [0.15, 0.2) is 0 Å². The molecule has 3 aromatic carbocycles. The monoisotopic (exact) mass is 344 g/mol. The molecule has 26 heavy (non-hydrogen) atoms. The Morgan fingerprint density at radius 3 is 2.23 bits per heavy atom. The lowest BCUT2D eigenvalue weighted by Gasteiger charge is -2.38. The molecule has 1 unspecified atom stereocenters. The summed E-state index contributed by atoms with van der Waals surface area (Å²) in [5, 5.41) is 12.5. The maximum absolute atomic E-state index is 13.2. The highest BCUT2D eigenvalue weighted by molar-refractivity contribution is 6.12. The van der Waals surface area contributed by atoms with Crippen molar-refractivity contribution in [2.75, 3.05) is 10.2 Å². The van der Waals surface area contributed by atoms with Gasteiger partial charge in [-0.05, 0) is 42.0 Å². The van der Waals surface area contributed by atoms with Gasteiger partial charge in [0.25, 0.3) is 5.91 Å². The molecular formula is C21H16N2O3. The molecule has 1 amide bonds. The number of nitrogens with zero attached hydrogens (tertiary/aromatic N) is 1. The molecule has 4 rings (SSSR count). The van der Waals surface area contributed by atoms with Crippen molar-refractivity contribution in [3.8, 4) is 0 Å². The molecule has 0 aliphatic carbocycles. The first kappa shape index (κ1) is 15.9. The molecule has 128 valence electrons. The number of hydrogen-bond donors (Lipinski definition) is 2. The summed E-state index contributed by atoms with van der Waals surface area (Å²) in [6.07, 6.45) is -0.428. The number of hydrogen-bond acceptors (Lipinski definition) is 3. The number of carbonyl (C=O) groups is 2. The Bertz CT molecular complexity index is 968. The number of nitrogens with one attached hydrogen (secondary N) is 1. The highest BCUT2D eigenvalue weighted by Gasteiger charge is 2.33. The van der Waals surface area contributed by atoms with Crippen LogP contribution in [-0.4, -0.2) is 17.0 Å². The minimum Gasteiger partial charge on any atom is -0.478 e. The van der Waals surface area contributed by atoms with E-state index in [0.717, 1.165) is 16.9 Å². The Hall–Kier alpha value is -3.60. The fourth-order valence-electron chi connectivity index (χ4n) is 3.15. The largest absolute Gasteiger partial charge is 0.478 e. The zero-order valence-electron chi connectivity index (χ0n) is 13.8. The first-order chi connectivity index (χ1) is 12.6. The lowest BCUT2D eigenvalue weighted by molar-refractivity contribution is 0.0696. The van der Waals surface area contributed by atoms with Crippen LogP contribution < -0.4 is 10.2 Å². The van der Waals surface area contributed by atoms with Gasteiger partial charge >= 0.3 is 5.97 Å². The summed E-state index contributed by atoms with van der Waals surface area (Å²) in [5.41, 5.74) is 3.16. The molecule has 3 aromatic rings. The summed E-state index contributed by atoms with van der Waals surface area (Å²) in [6, 6.07) is 23.4. The molecular weight excluding hydrogens is 328 g/mol. The molecule has 1 aliphatic heterocycles. The van der Waals surface area contributed by atoms with Gasteiger partial charge in [-0.15, -0.1) is 0 Å². The van der Waals surface area contributed by atoms with Crippen molar-refractivity contribution >= 4 is 23.3 Å². The molecule has 0 radical (unpaired) electrons. The van der Waals surface area contributed by atoms with E-state index in [-0.39, 0.29) is 11.5 Å². The first-order valence-corrected chi connectivity index (χ1v) is 8.22. The van der Waals surface area contributed by atoms with Crippen LogP contribution in [-0.2, 0) is 0 Å². The third-order valence-corrected chi connectivity index (χ3v) is 4.43. The van der Waals surface area contributed by atoms with Gasteiger partial charge in [0.2, 0.25) is 0 Å². The van der Waals surface area contributed by atoms with E-state index in [1.54, 1.807) is 35.2 Å². The van der Waals surface area contributed by atoms with Crippen LogP contribution in [0, 0.1) is 0 Å². The van der Waals surface area contributed by atoms with Crippen LogP contribution in [0.15, 0.2) is 78.9 Å². The number of amides is 1. The van der Waals surface area contributed by atoms with Gasteiger partial charge < -0.3 is 10.4 Å². The van der Waals surface area contributed by atoms with Crippen molar-refractivity contribution in [2.45, 2.75) is 6.17 Å². The molecule has 0 spiro atoms. The van der Waals surface area contributed by atoms with E-state index in [9.17, 15) is 9.59 Å². The molecule has 0 saturated heterocycles. The van der Waals surface area contributed by atoms with E-state index in [4.69, 9.17) is 5.11 Å². The highest BCUT2D eigenvalue weighted by atomic mass is 16.4. The molecule has 5 heteroatoms. The predicted octanol–water partition coefficient (Wildman–Crippen LogP) is 4.16. The third kappa shape index (κ3) is 2.69. The topological polar surface area (TPSA) is 69.6 Å². The second-order valence-electron chi connectivity index (χ2n) is 6.03. The number of carboxylic acid groups (broad SMARTS) is 1. The number of anilines is 2. The lowest BCUT2D eigenvalue weighted by atomic mass is 10.0. The number of carbonyl (C=O) groups excluding carboxylic acids is 1. The van der Waals surface area contributed by atoms with E-state index >= 15 is 0 Å². The molecule has 5 nitrogen and oxygen atoms in total. The van der Waals surface area contributed by atoms with E-state index in [2.05, 4.69) is 5.32 Å². The summed E-state index contributed by atoms with van der Waals surface area (Å²) < 4.78 is 0. The van der Waals surface area contributed by atoms with Crippen LogP contribution in [0.1, 0.15) is 32.4 Å². The van der Waals surface area contributed by atoms with E-state index in [0.29, 0.717) is 5.56 Å². The minimum atomic E-state index is -0.977. The summed E-state index contributed by atoms with van der Waals surface area (Å²) in [5.74, 6) is -1.08. The second kappa shape index (κ2) is 6.37. The van der Waals surface area contributed by atoms with Crippen LogP contribution in [0.25, 0.3) is 0 Å². The van der Waals surface area contributed by atoms with Gasteiger partial charge in [-0.2, -0.15) is 0 Å². The standard InChI is InChI=1S/C21H16N2O3/c24-20-17-8-4-5-9-18(17)22-19(23(20)16-6-2-1-3-7-16)14-10-12-15(13-11-14)21(25)26/h1-13,19,22H,(H,25,26). The molecule has 1 heterocycles. The zero-order valence-corrected chi connectivity index (χ0v) is 13.8. The second-order valence-corrected chi connectivity index (χ2v) is 6.03.